The summed E-state index contributed by atoms with van der Waals surface area (Å²) >= 11 is 0. The van der Waals surface area contributed by atoms with Crippen LogP contribution in [0, 0.1) is 5.82 Å². The molecule has 0 fully saturated rings. The summed E-state index contributed by atoms with van der Waals surface area (Å²) in [6.07, 6.45) is -3.20. The quantitative estimate of drug-likeness (QED) is 0.571. The van der Waals surface area contributed by atoms with E-state index in [4.69, 9.17) is 4.74 Å². The predicted octanol–water partition coefficient (Wildman–Crippen LogP) is 4.31. The van der Waals surface area contributed by atoms with Crippen molar-refractivity contribution in [3.63, 3.8) is 0 Å². The maximum Gasteiger partial charge on any atom is 0.419 e. The topological polar surface area (TPSA) is 21.3 Å². The summed E-state index contributed by atoms with van der Waals surface area (Å²) in [4.78, 5) is 0. The van der Waals surface area contributed by atoms with E-state index in [0.717, 1.165) is 18.6 Å². The minimum Gasteiger partial charge on any atom is -0.382 e. The van der Waals surface area contributed by atoms with Crippen molar-refractivity contribution in [1.82, 2.24) is 5.32 Å². The third-order valence-electron chi connectivity index (χ3n) is 3.10. The molecule has 6 heteroatoms. The van der Waals surface area contributed by atoms with Crippen molar-refractivity contribution in [2.24, 2.45) is 0 Å². The molecule has 0 saturated carbocycles. The molecule has 1 N–H and O–H groups in total. The second kappa shape index (κ2) is 8.34. The van der Waals surface area contributed by atoms with Crippen LogP contribution in [0.5, 0.6) is 0 Å². The van der Waals surface area contributed by atoms with E-state index in [-0.39, 0.29) is 6.04 Å². The van der Waals surface area contributed by atoms with E-state index in [1.807, 2.05) is 13.8 Å². The standard InChI is InChI=1S/C15H21F4NO/c1-3-8-20-14(7-9-21-4-2)11-5-6-12(13(16)10-11)15(17,18)19/h5-6,10,14,20H,3-4,7-9H2,1-2H3. The molecule has 0 heterocycles. The molecule has 0 aliphatic carbocycles. The highest BCUT2D eigenvalue weighted by molar-refractivity contribution is 5.28. The molecule has 0 radical (unpaired) electrons. The minimum atomic E-state index is -4.67. The fraction of sp³-hybridized carbons (Fsp3) is 0.600. The third kappa shape index (κ3) is 5.63. The highest BCUT2D eigenvalue weighted by atomic mass is 19.4. The zero-order chi connectivity index (χ0) is 15.9. The number of benzene rings is 1. The Morgan fingerprint density at radius 3 is 2.48 bits per heavy atom. The van der Waals surface area contributed by atoms with Crippen molar-refractivity contribution in [2.45, 2.75) is 38.9 Å². The van der Waals surface area contributed by atoms with Crippen LogP contribution in [-0.4, -0.2) is 19.8 Å². The molecule has 0 aliphatic rings. The molecule has 0 spiro atoms. The lowest BCUT2D eigenvalue weighted by Gasteiger charge is -2.20. The first-order valence-corrected chi connectivity index (χ1v) is 7.07. The fourth-order valence-corrected chi connectivity index (χ4v) is 2.03. The van der Waals surface area contributed by atoms with Crippen LogP contribution in [0.2, 0.25) is 0 Å². The average molecular weight is 307 g/mol. The van der Waals surface area contributed by atoms with E-state index < -0.39 is 17.6 Å². The summed E-state index contributed by atoms with van der Waals surface area (Å²) < 4.78 is 56.6. The zero-order valence-corrected chi connectivity index (χ0v) is 12.3. The number of ether oxygens (including phenoxy) is 1. The van der Waals surface area contributed by atoms with Crippen molar-refractivity contribution < 1.29 is 22.3 Å². The Morgan fingerprint density at radius 1 is 1.24 bits per heavy atom. The molecule has 21 heavy (non-hydrogen) atoms. The van der Waals surface area contributed by atoms with Crippen LogP contribution in [0.25, 0.3) is 0 Å². The summed E-state index contributed by atoms with van der Waals surface area (Å²) in [5.74, 6) is -1.24. The van der Waals surface area contributed by atoms with Crippen LogP contribution >= 0.6 is 0 Å². The number of alkyl halides is 3. The molecule has 0 bridgehead atoms. The van der Waals surface area contributed by atoms with Crippen molar-refractivity contribution in [1.29, 1.82) is 0 Å². The first kappa shape index (κ1) is 17.9. The SMILES string of the molecule is CCCNC(CCOCC)c1ccc(C(F)(F)F)c(F)c1. The van der Waals surface area contributed by atoms with Crippen LogP contribution in [0.4, 0.5) is 17.6 Å². The van der Waals surface area contributed by atoms with Gasteiger partial charge in [0.15, 0.2) is 0 Å². The molecule has 0 amide bonds. The van der Waals surface area contributed by atoms with Gasteiger partial charge < -0.3 is 10.1 Å². The van der Waals surface area contributed by atoms with Gasteiger partial charge in [-0.05, 0) is 44.0 Å². The van der Waals surface area contributed by atoms with Gasteiger partial charge in [0.1, 0.15) is 5.82 Å². The number of halogens is 4. The van der Waals surface area contributed by atoms with Gasteiger partial charge in [-0.15, -0.1) is 0 Å². The van der Waals surface area contributed by atoms with Gasteiger partial charge in [0, 0.05) is 19.3 Å². The molecular formula is C15H21F4NO. The normalized spacial score (nSPS) is 13.4. The Balaban J connectivity index is 2.88. The second-order valence-electron chi connectivity index (χ2n) is 4.73. The lowest BCUT2D eigenvalue weighted by Crippen LogP contribution is -2.24. The molecule has 2 nitrogen and oxygen atoms in total. The van der Waals surface area contributed by atoms with Crippen LogP contribution in [0.1, 0.15) is 43.9 Å². The highest BCUT2D eigenvalue weighted by Crippen LogP contribution is 2.32. The predicted molar refractivity (Wildman–Crippen MR) is 73.5 cm³/mol. The van der Waals surface area contributed by atoms with Crippen molar-refractivity contribution in [2.75, 3.05) is 19.8 Å². The van der Waals surface area contributed by atoms with Crippen molar-refractivity contribution in [3.8, 4) is 0 Å². The Hall–Kier alpha value is -1.14. The Kier molecular flexibility index (Phi) is 7.11. The maximum absolute atomic E-state index is 13.6. The minimum absolute atomic E-state index is 0.215. The van der Waals surface area contributed by atoms with Gasteiger partial charge in [0.05, 0.1) is 5.56 Å². The van der Waals surface area contributed by atoms with E-state index in [1.54, 1.807) is 0 Å². The lowest BCUT2D eigenvalue weighted by atomic mass is 10.0. The van der Waals surface area contributed by atoms with Crippen LogP contribution < -0.4 is 5.32 Å². The number of hydrogen-bond acceptors (Lipinski definition) is 2. The zero-order valence-electron chi connectivity index (χ0n) is 12.3. The fourth-order valence-electron chi connectivity index (χ4n) is 2.03. The molecule has 1 aromatic carbocycles. The van der Waals surface area contributed by atoms with Crippen molar-refractivity contribution in [3.05, 3.63) is 35.1 Å². The van der Waals surface area contributed by atoms with E-state index in [9.17, 15) is 17.6 Å². The molecular weight excluding hydrogens is 286 g/mol. The molecule has 1 atom stereocenters. The Labute approximate surface area is 122 Å². The van der Waals surface area contributed by atoms with Gasteiger partial charge in [-0.25, -0.2) is 4.39 Å². The number of rotatable bonds is 8. The Morgan fingerprint density at radius 2 is 1.95 bits per heavy atom. The summed E-state index contributed by atoms with van der Waals surface area (Å²) in [5, 5.41) is 3.20. The molecule has 0 saturated heterocycles. The van der Waals surface area contributed by atoms with Gasteiger partial charge in [0.25, 0.3) is 0 Å². The second-order valence-corrected chi connectivity index (χ2v) is 4.73. The maximum atomic E-state index is 13.6. The Bertz CT molecular complexity index is 434. The summed E-state index contributed by atoms with van der Waals surface area (Å²) in [6, 6.07) is 2.87. The summed E-state index contributed by atoms with van der Waals surface area (Å²) in [5.41, 5.74) is -0.723. The summed E-state index contributed by atoms with van der Waals surface area (Å²) in [7, 11) is 0. The van der Waals surface area contributed by atoms with E-state index in [1.165, 1.54) is 6.07 Å². The van der Waals surface area contributed by atoms with Crippen LogP contribution in [-0.2, 0) is 10.9 Å². The monoisotopic (exact) mass is 307 g/mol. The van der Waals surface area contributed by atoms with Gasteiger partial charge in [-0.1, -0.05) is 13.0 Å². The molecule has 0 aliphatic heterocycles. The lowest BCUT2D eigenvalue weighted by molar-refractivity contribution is -0.140. The van der Waals surface area contributed by atoms with Gasteiger partial charge in [-0.2, -0.15) is 13.2 Å². The van der Waals surface area contributed by atoms with E-state index in [0.29, 0.717) is 31.7 Å². The van der Waals surface area contributed by atoms with E-state index in [2.05, 4.69) is 5.32 Å². The van der Waals surface area contributed by atoms with Crippen LogP contribution in [0.15, 0.2) is 18.2 Å². The molecule has 1 rings (SSSR count). The first-order chi connectivity index (χ1) is 9.90. The van der Waals surface area contributed by atoms with Gasteiger partial charge in [-0.3, -0.25) is 0 Å². The highest BCUT2D eigenvalue weighted by Gasteiger charge is 2.34. The van der Waals surface area contributed by atoms with Crippen molar-refractivity contribution >= 4 is 0 Å². The molecule has 1 unspecified atom stereocenters. The molecule has 120 valence electrons. The average Bonchev–Trinajstić information content (AvgIpc) is 2.41. The number of hydrogen-bond donors (Lipinski definition) is 1. The van der Waals surface area contributed by atoms with Crippen LogP contribution in [0.3, 0.4) is 0 Å². The first-order valence-electron chi connectivity index (χ1n) is 7.07. The smallest absolute Gasteiger partial charge is 0.382 e. The third-order valence-corrected chi connectivity index (χ3v) is 3.10. The van der Waals surface area contributed by atoms with E-state index >= 15 is 0 Å². The van der Waals surface area contributed by atoms with Gasteiger partial charge >= 0.3 is 6.18 Å². The molecule has 1 aromatic rings. The number of nitrogens with one attached hydrogen (secondary N) is 1. The van der Waals surface area contributed by atoms with Gasteiger partial charge in [0.2, 0.25) is 0 Å². The largest absolute Gasteiger partial charge is 0.419 e. The molecule has 0 aromatic heterocycles. The summed E-state index contributed by atoms with van der Waals surface area (Å²) in [6.45, 7) is 5.61.